The summed E-state index contributed by atoms with van der Waals surface area (Å²) in [5.74, 6) is 1.51. The number of thiophene rings is 1. The lowest BCUT2D eigenvalue weighted by atomic mass is 10.0. The van der Waals surface area contributed by atoms with Gasteiger partial charge >= 0.3 is 0 Å². The molecule has 2 aromatic rings. The molecule has 2 unspecified atom stereocenters. The first kappa shape index (κ1) is 24.3. The number of ether oxygens (including phenoxy) is 3. The monoisotopic (exact) mass is 460 g/mol. The van der Waals surface area contributed by atoms with Crippen LogP contribution in [-0.2, 0) is 16.0 Å². The molecule has 3 rings (SSSR count). The predicted molar refractivity (Wildman–Crippen MR) is 125 cm³/mol. The normalized spacial score (nSPS) is 16.5. The molecule has 0 bridgehead atoms. The standard InChI is InChI=1S/C24H32N2O5S/c1-4-11-25(14-18(27)16-29-2)15-24(28)26-12-9-23-21(10-13-32-23)22(26)17-31-20-7-5-19(30-3)6-8-20/h4-8,10,13,18,22,27H,1,9,11-12,14-17H2,2-3H3. The van der Waals surface area contributed by atoms with Gasteiger partial charge in [0.05, 0.1) is 32.4 Å². The van der Waals surface area contributed by atoms with Crippen LogP contribution in [0.15, 0.2) is 48.4 Å². The van der Waals surface area contributed by atoms with Crippen LogP contribution < -0.4 is 9.47 Å². The van der Waals surface area contributed by atoms with Gasteiger partial charge in [0.25, 0.3) is 0 Å². The Bertz CT molecular complexity index is 870. The molecule has 0 spiro atoms. The maximum absolute atomic E-state index is 13.3. The molecule has 2 atom stereocenters. The van der Waals surface area contributed by atoms with Crippen LogP contribution in [0.3, 0.4) is 0 Å². The zero-order chi connectivity index (χ0) is 22.9. The average molecular weight is 461 g/mol. The van der Waals surface area contributed by atoms with Crippen LogP contribution in [0.4, 0.5) is 0 Å². The van der Waals surface area contributed by atoms with Crippen molar-refractivity contribution in [2.24, 2.45) is 0 Å². The number of hydrogen-bond acceptors (Lipinski definition) is 7. The van der Waals surface area contributed by atoms with E-state index >= 15 is 0 Å². The number of hydrogen-bond donors (Lipinski definition) is 1. The summed E-state index contributed by atoms with van der Waals surface area (Å²) in [6.45, 7) is 6.07. The fourth-order valence-corrected chi connectivity index (χ4v) is 4.86. The minimum Gasteiger partial charge on any atom is -0.497 e. The molecule has 0 saturated carbocycles. The van der Waals surface area contributed by atoms with Gasteiger partial charge in [0.15, 0.2) is 0 Å². The smallest absolute Gasteiger partial charge is 0.237 e. The molecule has 2 heterocycles. The average Bonchev–Trinajstić information content (AvgIpc) is 3.27. The summed E-state index contributed by atoms with van der Waals surface area (Å²) in [4.78, 5) is 18.4. The molecular formula is C24H32N2O5S. The number of amides is 1. The van der Waals surface area contributed by atoms with E-state index in [1.165, 1.54) is 4.88 Å². The lowest BCUT2D eigenvalue weighted by molar-refractivity contribution is -0.136. The highest BCUT2D eigenvalue weighted by molar-refractivity contribution is 7.10. The van der Waals surface area contributed by atoms with Gasteiger partial charge in [0, 0.05) is 31.6 Å². The highest BCUT2D eigenvalue weighted by Gasteiger charge is 2.33. The SMILES string of the molecule is C=CCN(CC(=O)N1CCc2sccc2C1COc1ccc(OC)cc1)CC(O)COC. The number of methoxy groups -OCH3 is 2. The first-order chi connectivity index (χ1) is 15.5. The third kappa shape index (κ3) is 6.32. The summed E-state index contributed by atoms with van der Waals surface area (Å²) < 4.78 is 16.3. The third-order valence-electron chi connectivity index (χ3n) is 5.46. The van der Waals surface area contributed by atoms with Crippen molar-refractivity contribution in [3.8, 4) is 11.5 Å². The third-order valence-corrected chi connectivity index (χ3v) is 6.45. The van der Waals surface area contributed by atoms with Gasteiger partial charge in [-0.3, -0.25) is 9.69 Å². The van der Waals surface area contributed by atoms with E-state index < -0.39 is 6.10 Å². The summed E-state index contributed by atoms with van der Waals surface area (Å²) in [6, 6.07) is 9.37. The van der Waals surface area contributed by atoms with E-state index in [9.17, 15) is 9.90 Å². The molecule has 0 saturated heterocycles. The van der Waals surface area contributed by atoms with Crippen molar-refractivity contribution in [2.45, 2.75) is 18.6 Å². The van der Waals surface area contributed by atoms with Crippen molar-refractivity contribution in [3.05, 3.63) is 58.8 Å². The van der Waals surface area contributed by atoms with E-state index in [0.717, 1.165) is 23.5 Å². The molecule has 0 fully saturated rings. The summed E-state index contributed by atoms with van der Waals surface area (Å²) in [6.07, 6.45) is 1.92. The Morgan fingerprint density at radius 3 is 2.75 bits per heavy atom. The summed E-state index contributed by atoms with van der Waals surface area (Å²) in [7, 11) is 3.18. The molecular weight excluding hydrogens is 428 g/mol. The molecule has 7 nitrogen and oxygen atoms in total. The first-order valence-corrected chi connectivity index (χ1v) is 11.6. The number of nitrogens with zero attached hydrogens (tertiary/aromatic N) is 2. The molecule has 1 aromatic heterocycles. The van der Waals surface area contributed by atoms with Gasteiger partial charge in [-0.2, -0.15) is 0 Å². The predicted octanol–water partition coefficient (Wildman–Crippen LogP) is 2.76. The Balaban J connectivity index is 1.70. The van der Waals surface area contributed by atoms with E-state index in [1.807, 2.05) is 34.1 Å². The van der Waals surface area contributed by atoms with Gasteiger partial charge in [-0.1, -0.05) is 6.08 Å². The maximum atomic E-state index is 13.3. The van der Waals surface area contributed by atoms with E-state index in [-0.39, 0.29) is 25.1 Å². The van der Waals surface area contributed by atoms with Crippen LogP contribution in [0.2, 0.25) is 0 Å². The Hall–Kier alpha value is -2.39. The second kappa shape index (κ2) is 12.0. The Labute approximate surface area is 193 Å². The Morgan fingerprint density at radius 1 is 1.31 bits per heavy atom. The number of aliphatic hydroxyl groups is 1. The zero-order valence-corrected chi connectivity index (χ0v) is 19.6. The van der Waals surface area contributed by atoms with Crippen LogP contribution >= 0.6 is 11.3 Å². The number of fused-ring (bicyclic) bond motifs is 1. The number of benzene rings is 1. The van der Waals surface area contributed by atoms with E-state index in [1.54, 1.807) is 31.6 Å². The van der Waals surface area contributed by atoms with Crippen molar-refractivity contribution in [3.63, 3.8) is 0 Å². The van der Waals surface area contributed by atoms with Crippen LogP contribution in [0.1, 0.15) is 16.5 Å². The van der Waals surface area contributed by atoms with E-state index in [4.69, 9.17) is 14.2 Å². The number of carbonyl (C=O) groups is 1. The number of aliphatic hydroxyl groups excluding tert-OH is 1. The van der Waals surface area contributed by atoms with Crippen LogP contribution in [0, 0.1) is 0 Å². The highest BCUT2D eigenvalue weighted by Crippen LogP contribution is 2.34. The molecule has 0 aliphatic carbocycles. The van der Waals surface area contributed by atoms with Crippen molar-refractivity contribution < 1.29 is 24.1 Å². The van der Waals surface area contributed by atoms with Gasteiger partial charge in [-0.25, -0.2) is 0 Å². The van der Waals surface area contributed by atoms with Gasteiger partial charge in [-0.15, -0.1) is 17.9 Å². The van der Waals surface area contributed by atoms with Crippen LogP contribution in [-0.4, -0.2) is 80.5 Å². The van der Waals surface area contributed by atoms with Crippen LogP contribution in [0.5, 0.6) is 11.5 Å². The summed E-state index contributed by atoms with van der Waals surface area (Å²) in [5.41, 5.74) is 1.15. The first-order valence-electron chi connectivity index (χ1n) is 10.7. The lowest BCUT2D eigenvalue weighted by Crippen LogP contribution is -2.48. The van der Waals surface area contributed by atoms with Crippen molar-refractivity contribution in [1.29, 1.82) is 0 Å². The molecule has 1 aromatic carbocycles. The molecule has 1 N–H and O–H groups in total. The fourth-order valence-electron chi connectivity index (χ4n) is 3.93. The Kier molecular flexibility index (Phi) is 9.11. The molecule has 32 heavy (non-hydrogen) atoms. The van der Waals surface area contributed by atoms with Crippen molar-refractivity contribution in [2.75, 3.05) is 53.6 Å². The minimum absolute atomic E-state index is 0.0108. The van der Waals surface area contributed by atoms with Gasteiger partial charge in [-0.05, 0) is 47.7 Å². The molecule has 174 valence electrons. The number of carbonyl (C=O) groups excluding carboxylic acids is 1. The quantitative estimate of drug-likeness (QED) is 0.491. The minimum atomic E-state index is -0.660. The molecule has 1 aliphatic heterocycles. The topological polar surface area (TPSA) is 71.5 Å². The summed E-state index contributed by atoms with van der Waals surface area (Å²) in [5, 5.41) is 12.2. The summed E-state index contributed by atoms with van der Waals surface area (Å²) >= 11 is 1.72. The maximum Gasteiger partial charge on any atom is 0.237 e. The second-order valence-corrected chi connectivity index (χ2v) is 8.73. The Morgan fingerprint density at radius 2 is 2.06 bits per heavy atom. The van der Waals surface area contributed by atoms with Gasteiger partial charge < -0.3 is 24.2 Å². The van der Waals surface area contributed by atoms with Crippen molar-refractivity contribution >= 4 is 17.2 Å². The van der Waals surface area contributed by atoms with Gasteiger partial charge in [0.1, 0.15) is 18.1 Å². The highest BCUT2D eigenvalue weighted by atomic mass is 32.1. The second-order valence-electron chi connectivity index (χ2n) is 7.73. The lowest BCUT2D eigenvalue weighted by Gasteiger charge is -2.37. The molecule has 0 radical (unpaired) electrons. The van der Waals surface area contributed by atoms with Crippen molar-refractivity contribution in [1.82, 2.24) is 9.80 Å². The van der Waals surface area contributed by atoms with Gasteiger partial charge in [0.2, 0.25) is 5.91 Å². The number of rotatable bonds is 12. The largest absolute Gasteiger partial charge is 0.497 e. The van der Waals surface area contributed by atoms with E-state index in [0.29, 0.717) is 26.2 Å². The molecule has 1 aliphatic rings. The van der Waals surface area contributed by atoms with Crippen LogP contribution in [0.25, 0.3) is 0 Å². The fraction of sp³-hybridized carbons (Fsp3) is 0.458. The zero-order valence-electron chi connectivity index (χ0n) is 18.7. The molecule has 8 heteroatoms. The van der Waals surface area contributed by atoms with E-state index in [2.05, 4.69) is 18.0 Å². The molecule has 1 amide bonds.